The molecule has 1 amide bonds. The minimum Gasteiger partial charge on any atom is -0.495 e. The highest BCUT2D eigenvalue weighted by atomic mass is 32.2. The summed E-state index contributed by atoms with van der Waals surface area (Å²) in [4.78, 5) is 12.0. The van der Waals surface area contributed by atoms with Crippen LogP contribution in [0.5, 0.6) is 5.75 Å². The normalized spacial score (nSPS) is 12.1. The summed E-state index contributed by atoms with van der Waals surface area (Å²) in [6, 6.07) is 8.67. The number of aryl methyl sites for hydroxylation is 1. The second-order valence-electron chi connectivity index (χ2n) is 6.04. The Morgan fingerprint density at radius 3 is 2.46 bits per heavy atom. The van der Waals surface area contributed by atoms with E-state index in [1.807, 2.05) is 0 Å². The Kier molecular flexibility index (Phi) is 6.35. The SMILES string of the molecule is COc1ccc(C)cc1S(=O)(=O)N(C)CC(=O)Nc1cccc(C(F)(F)F)c1. The molecule has 28 heavy (non-hydrogen) atoms. The van der Waals surface area contributed by atoms with E-state index in [1.54, 1.807) is 13.0 Å². The Balaban J connectivity index is 2.17. The van der Waals surface area contributed by atoms with E-state index in [-0.39, 0.29) is 16.3 Å². The fraction of sp³-hybridized carbons (Fsp3) is 0.278. The van der Waals surface area contributed by atoms with Crippen LogP contribution in [0, 0.1) is 6.92 Å². The zero-order chi connectivity index (χ0) is 21.1. The van der Waals surface area contributed by atoms with E-state index in [0.29, 0.717) is 5.56 Å². The summed E-state index contributed by atoms with van der Waals surface area (Å²) < 4.78 is 69.6. The summed E-state index contributed by atoms with van der Waals surface area (Å²) in [5, 5.41) is 2.27. The Morgan fingerprint density at radius 1 is 1.18 bits per heavy atom. The first-order valence-electron chi connectivity index (χ1n) is 8.03. The van der Waals surface area contributed by atoms with Gasteiger partial charge in [0.1, 0.15) is 10.6 Å². The van der Waals surface area contributed by atoms with Gasteiger partial charge in [-0.3, -0.25) is 4.79 Å². The summed E-state index contributed by atoms with van der Waals surface area (Å²) in [7, 11) is -1.53. The molecule has 0 fully saturated rings. The van der Waals surface area contributed by atoms with Crippen molar-refractivity contribution >= 4 is 21.6 Å². The fourth-order valence-electron chi connectivity index (χ4n) is 2.41. The van der Waals surface area contributed by atoms with Crippen molar-refractivity contribution in [1.82, 2.24) is 4.31 Å². The number of carbonyl (C=O) groups is 1. The molecular weight excluding hydrogens is 397 g/mol. The highest BCUT2D eigenvalue weighted by Crippen LogP contribution is 2.31. The number of methoxy groups -OCH3 is 1. The van der Waals surface area contributed by atoms with Crippen molar-refractivity contribution in [2.24, 2.45) is 0 Å². The molecule has 0 aromatic heterocycles. The van der Waals surface area contributed by atoms with E-state index in [1.165, 1.54) is 32.4 Å². The molecule has 2 aromatic carbocycles. The second kappa shape index (κ2) is 8.19. The lowest BCUT2D eigenvalue weighted by molar-refractivity contribution is -0.137. The van der Waals surface area contributed by atoms with Crippen LogP contribution in [0.2, 0.25) is 0 Å². The fourth-order valence-corrected chi connectivity index (χ4v) is 3.78. The van der Waals surface area contributed by atoms with E-state index in [0.717, 1.165) is 22.5 Å². The quantitative estimate of drug-likeness (QED) is 0.784. The van der Waals surface area contributed by atoms with Crippen molar-refractivity contribution in [2.45, 2.75) is 18.0 Å². The number of anilines is 1. The van der Waals surface area contributed by atoms with Crippen molar-refractivity contribution in [3.05, 3.63) is 53.6 Å². The number of alkyl halides is 3. The van der Waals surface area contributed by atoms with Gasteiger partial charge in [-0.05, 0) is 42.8 Å². The lowest BCUT2D eigenvalue weighted by atomic mass is 10.2. The highest BCUT2D eigenvalue weighted by molar-refractivity contribution is 7.89. The molecule has 10 heteroatoms. The maximum Gasteiger partial charge on any atom is 0.416 e. The number of likely N-dealkylation sites (N-methyl/N-ethyl adjacent to an activating group) is 1. The molecule has 152 valence electrons. The van der Waals surface area contributed by atoms with Crippen LogP contribution in [-0.4, -0.2) is 39.3 Å². The Bertz CT molecular complexity index is 975. The van der Waals surface area contributed by atoms with Crippen LogP contribution in [-0.2, 0) is 21.0 Å². The van der Waals surface area contributed by atoms with Crippen molar-refractivity contribution in [2.75, 3.05) is 26.0 Å². The van der Waals surface area contributed by atoms with Gasteiger partial charge in [0.15, 0.2) is 0 Å². The van der Waals surface area contributed by atoms with E-state index in [4.69, 9.17) is 4.74 Å². The topological polar surface area (TPSA) is 75.7 Å². The molecular formula is C18H19F3N2O4S. The molecule has 0 radical (unpaired) electrons. The number of nitrogens with one attached hydrogen (secondary N) is 1. The molecule has 0 aliphatic carbocycles. The van der Waals surface area contributed by atoms with Crippen LogP contribution in [0.15, 0.2) is 47.4 Å². The number of benzene rings is 2. The standard InChI is InChI=1S/C18H19F3N2O4S/c1-12-7-8-15(27-3)16(9-12)28(25,26)23(2)11-17(24)22-14-6-4-5-13(10-14)18(19,20)21/h4-10H,11H2,1-3H3,(H,22,24). The molecule has 1 N–H and O–H groups in total. The summed E-state index contributed by atoms with van der Waals surface area (Å²) >= 11 is 0. The summed E-state index contributed by atoms with van der Waals surface area (Å²) in [6.45, 7) is 1.12. The predicted molar refractivity (Wildman–Crippen MR) is 97.6 cm³/mol. The van der Waals surface area contributed by atoms with Gasteiger partial charge < -0.3 is 10.1 Å². The Morgan fingerprint density at radius 2 is 1.86 bits per heavy atom. The average molecular weight is 416 g/mol. The van der Waals surface area contributed by atoms with E-state index < -0.39 is 34.2 Å². The van der Waals surface area contributed by atoms with Gasteiger partial charge in [-0.25, -0.2) is 8.42 Å². The number of halogens is 3. The summed E-state index contributed by atoms with van der Waals surface area (Å²) in [5.74, 6) is -0.659. The van der Waals surface area contributed by atoms with Crippen LogP contribution >= 0.6 is 0 Å². The zero-order valence-corrected chi connectivity index (χ0v) is 16.2. The van der Waals surface area contributed by atoms with Gasteiger partial charge in [-0.2, -0.15) is 17.5 Å². The largest absolute Gasteiger partial charge is 0.495 e. The molecule has 0 saturated carbocycles. The molecule has 0 aliphatic heterocycles. The number of amides is 1. The van der Waals surface area contributed by atoms with E-state index in [2.05, 4.69) is 5.32 Å². The average Bonchev–Trinajstić information content (AvgIpc) is 2.61. The predicted octanol–water partition coefficient (Wildman–Crippen LogP) is 3.28. The third-order valence-electron chi connectivity index (χ3n) is 3.85. The van der Waals surface area contributed by atoms with Crippen LogP contribution in [0.1, 0.15) is 11.1 Å². The number of ether oxygens (including phenoxy) is 1. The summed E-state index contributed by atoms with van der Waals surface area (Å²) in [6.07, 6.45) is -4.55. The van der Waals surface area contributed by atoms with Crippen molar-refractivity contribution in [3.8, 4) is 5.75 Å². The molecule has 0 heterocycles. The van der Waals surface area contributed by atoms with Crippen molar-refractivity contribution < 1.29 is 31.1 Å². The van der Waals surface area contributed by atoms with Gasteiger partial charge in [0.25, 0.3) is 0 Å². The number of sulfonamides is 1. The molecule has 0 bridgehead atoms. The monoisotopic (exact) mass is 416 g/mol. The lowest BCUT2D eigenvalue weighted by Crippen LogP contribution is -2.35. The highest BCUT2D eigenvalue weighted by Gasteiger charge is 2.31. The first-order chi connectivity index (χ1) is 12.9. The molecule has 0 aliphatic rings. The lowest BCUT2D eigenvalue weighted by Gasteiger charge is -2.19. The molecule has 6 nitrogen and oxygen atoms in total. The van der Waals surface area contributed by atoms with Crippen LogP contribution < -0.4 is 10.1 Å². The number of hydrogen-bond acceptors (Lipinski definition) is 4. The van der Waals surface area contributed by atoms with Gasteiger partial charge in [-0.1, -0.05) is 12.1 Å². The first-order valence-corrected chi connectivity index (χ1v) is 9.47. The maximum absolute atomic E-state index is 12.8. The van der Waals surface area contributed by atoms with Crippen LogP contribution in [0.25, 0.3) is 0 Å². The molecule has 0 spiro atoms. The van der Waals surface area contributed by atoms with Crippen molar-refractivity contribution in [3.63, 3.8) is 0 Å². The second-order valence-corrected chi connectivity index (χ2v) is 8.06. The van der Waals surface area contributed by atoms with Gasteiger partial charge in [0.05, 0.1) is 19.2 Å². The maximum atomic E-state index is 12.8. The molecule has 2 aromatic rings. The minimum atomic E-state index is -4.55. The molecule has 0 saturated heterocycles. The number of carbonyl (C=O) groups excluding carboxylic acids is 1. The zero-order valence-electron chi connectivity index (χ0n) is 15.4. The van der Waals surface area contributed by atoms with E-state index >= 15 is 0 Å². The van der Waals surface area contributed by atoms with E-state index in [9.17, 15) is 26.4 Å². The summed E-state index contributed by atoms with van der Waals surface area (Å²) in [5.41, 5.74) is -0.323. The van der Waals surface area contributed by atoms with Gasteiger partial charge in [0.2, 0.25) is 15.9 Å². The Hall–Kier alpha value is -2.59. The number of hydrogen-bond donors (Lipinski definition) is 1. The number of rotatable bonds is 6. The third kappa shape index (κ3) is 5.02. The molecule has 0 unspecified atom stereocenters. The van der Waals surface area contributed by atoms with Crippen LogP contribution in [0.3, 0.4) is 0 Å². The van der Waals surface area contributed by atoms with Crippen LogP contribution in [0.4, 0.5) is 18.9 Å². The van der Waals surface area contributed by atoms with Gasteiger partial charge in [0, 0.05) is 12.7 Å². The van der Waals surface area contributed by atoms with Gasteiger partial charge in [-0.15, -0.1) is 0 Å². The number of nitrogens with zero attached hydrogens (tertiary/aromatic N) is 1. The minimum absolute atomic E-state index is 0.0845. The van der Waals surface area contributed by atoms with Gasteiger partial charge >= 0.3 is 6.18 Å². The Labute approximate surface area is 161 Å². The van der Waals surface area contributed by atoms with Crippen molar-refractivity contribution in [1.29, 1.82) is 0 Å². The third-order valence-corrected chi connectivity index (χ3v) is 5.67. The molecule has 0 atom stereocenters. The molecule has 2 rings (SSSR count). The smallest absolute Gasteiger partial charge is 0.416 e. The first kappa shape index (κ1) is 21.7.